The first-order valence-electron chi connectivity index (χ1n) is 13.0. The number of aliphatic hydroxyl groups is 7. The zero-order valence-corrected chi connectivity index (χ0v) is 22.1. The number of fused-ring (bicyclic) bond motifs is 1. The molecular formula is C27H30O16. The monoisotopic (exact) mass is 610 g/mol. The van der Waals surface area contributed by atoms with E-state index in [4.69, 9.17) is 23.4 Å². The van der Waals surface area contributed by atoms with Crippen LogP contribution in [0.15, 0.2) is 45.6 Å². The van der Waals surface area contributed by atoms with Crippen LogP contribution >= 0.6 is 0 Å². The molecule has 234 valence electrons. The van der Waals surface area contributed by atoms with E-state index >= 15 is 0 Å². The molecule has 16 heteroatoms. The molecule has 0 radical (unpaired) electrons. The van der Waals surface area contributed by atoms with Crippen molar-refractivity contribution in [2.24, 2.45) is 0 Å². The Balaban J connectivity index is 1.44. The van der Waals surface area contributed by atoms with Crippen LogP contribution in [0.3, 0.4) is 0 Å². The number of hydrogen-bond acceptors (Lipinski definition) is 16. The van der Waals surface area contributed by atoms with E-state index in [1.165, 1.54) is 24.3 Å². The molecule has 0 aliphatic carbocycles. The topological polar surface area (TPSA) is 269 Å². The summed E-state index contributed by atoms with van der Waals surface area (Å²) < 4.78 is 27.8. The zero-order valence-electron chi connectivity index (χ0n) is 22.1. The average molecular weight is 611 g/mol. The van der Waals surface area contributed by atoms with Crippen molar-refractivity contribution in [1.29, 1.82) is 0 Å². The molecule has 1 aromatic heterocycles. The summed E-state index contributed by atoms with van der Waals surface area (Å²) in [5.74, 6) is -2.08. The van der Waals surface area contributed by atoms with Gasteiger partial charge in [-0.1, -0.05) is 0 Å². The number of ether oxygens (including phenoxy) is 4. The van der Waals surface area contributed by atoms with Crippen molar-refractivity contribution in [2.45, 2.75) is 61.4 Å². The molecule has 0 bridgehead atoms. The molecule has 43 heavy (non-hydrogen) atoms. The van der Waals surface area contributed by atoms with Crippen LogP contribution in [0.25, 0.3) is 22.3 Å². The first-order chi connectivity index (χ1) is 20.4. The number of phenolic OH excluding ortho intramolecular Hbond substituents is 3. The number of hydrogen-bond donors (Lipinski definition) is 10. The number of benzene rings is 2. The zero-order chi connectivity index (χ0) is 31.2. The van der Waals surface area contributed by atoms with Gasteiger partial charge in [0.15, 0.2) is 23.1 Å². The highest BCUT2D eigenvalue weighted by Gasteiger charge is 2.51. The van der Waals surface area contributed by atoms with E-state index in [1.807, 2.05) is 0 Å². The van der Waals surface area contributed by atoms with Crippen LogP contribution in [0.4, 0.5) is 0 Å². The van der Waals surface area contributed by atoms with Gasteiger partial charge in [0.25, 0.3) is 0 Å². The lowest BCUT2D eigenvalue weighted by Crippen LogP contribution is -2.65. The van der Waals surface area contributed by atoms with E-state index in [0.29, 0.717) is 5.56 Å². The quantitative estimate of drug-likeness (QED) is 0.133. The van der Waals surface area contributed by atoms with Crippen LogP contribution < -0.4 is 10.2 Å². The summed E-state index contributed by atoms with van der Waals surface area (Å²) in [5, 5.41) is 102. The minimum Gasteiger partial charge on any atom is -0.508 e. The van der Waals surface area contributed by atoms with Gasteiger partial charge in [-0.2, -0.15) is 0 Å². The Hall–Kier alpha value is -3.55. The Morgan fingerprint density at radius 2 is 1.35 bits per heavy atom. The maximum absolute atomic E-state index is 12.9. The summed E-state index contributed by atoms with van der Waals surface area (Å²) in [6.45, 7) is -1.61. The van der Waals surface area contributed by atoms with Crippen molar-refractivity contribution in [2.75, 3.05) is 13.2 Å². The minimum absolute atomic E-state index is 0.0428. The van der Waals surface area contributed by atoms with Gasteiger partial charge in [-0.3, -0.25) is 4.79 Å². The lowest BCUT2D eigenvalue weighted by molar-refractivity contribution is -0.352. The molecular weight excluding hydrogens is 580 g/mol. The third-order valence-electron chi connectivity index (χ3n) is 7.26. The molecule has 0 spiro atoms. The van der Waals surface area contributed by atoms with Crippen LogP contribution in [-0.2, 0) is 14.2 Å². The Morgan fingerprint density at radius 3 is 2.00 bits per heavy atom. The molecule has 3 heterocycles. The van der Waals surface area contributed by atoms with E-state index < -0.39 is 108 Å². The summed E-state index contributed by atoms with van der Waals surface area (Å²) in [6, 6.07) is 7.40. The second-order valence-electron chi connectivity index (χ2n) is 10.1. The van der Waals surface area contributed by atoms with Gasteiger partial charge in [0.2, 0.25) is 12.0 Å². The van der Waals surface area contributed by atoms with Crippen molar-refractivity contribution in [3.8, 4) is 34.3 Å². The third kappa shape index (κ3) is 5.73. The maximum Gasteiger partial charge on any atom is 0.229 e. The predicted octanol–water partition coefficient (Wildman–Crippen LogP) is -2.42. The Kier molecular flexibility index (Phi) is 8.77. The van der Waals surface area contributed by atoms with Crippen LogP contribution in [0.5, 0.6) is 23.0 Å². The van der Waals surface area contributed by atoms with Gasteiger partial charge >= 0.3 is 0 Å². The fourth-order valence-corrected chi connectivity index (χ4v) is 4.93. The lowest BCUT2D eigenvalue weighted by Gasteiger charge is -2.45. The first-order valence-corrected chi connectivity index (χ1v) is 13.0. The maximum atomic E-state index is 12.9. The highest BCUT2D eigenvalue weighted by atomic mass is 16.7. The van der Waals surface area contributed by atoms with E-state index in [9.17, 15) is 55.9 Å². The van der Waals surface area contributed by atoms with Gasteiger partial charge in [0.1, 0.15) is 71.5 Å². The molecule has 2 aliphatic heterocycles. The number of phenols is 3. The molecule has 10 N–H and O–H groups in total. The number of rotatable bonds is 7. The number of aliphatic hydroxyl groups excluding tert-OH is 7. The molecule has 0 amide bonds. The van der Waals surface area contributed by atoms with E-state index in [2.05, 4.69) is 0 Å². The van der Waals surface area contributed by atoms with Crippen molar-refractivity contribution in [1.82, 2.24) is 0 Å². The summed E-state index contributed by atoms with van der Waals surface area (Å²) in [4.78, 5) is 12.9. The van der Waals surface area contributed by atoms with Gasteiger partial charge in [0.05, 0.1) is 13.2 Å². The van der Waals surface area contributed by atoms with Gasteiger partial charge in [-0.15, -0.1) is 0 Å². The highest BCUT2D eigenvalue weighted by molar-refractivity contribution is 5.91. The molecule has 0 unspecified atom stereocenters. The summed E-state index contributed by atoms with van der Waals surface area (Å²) in [5.41, 5.74) is -0.861. The van der Waals surface area contributed by atoms with Crippen LogP contribution in [0, 0.1) is 0 Å². The molecule has 0 saturated carbocycles. The van der Waals surface area contributed by atoms with Crippen molar-refractivity contribution >= 4 is 11.0 Å². The fraction of sp³-hybridized carbons (Fsp3) is 0.444. The summed E-state index contributed by atoms with van der Waals surface area (Å²) in [7, 11) is 0. The molecule has 10 atom stereocenters. The lowest BCUT2D eigenvalue weighted by atomic mass is 9.97. The van der Waals surface area contributed by atoms with Crippen molar-refractivity contribution < 1.29 is 74.4 Å². The molecule has 2 saturated heterocycles. The second kappa shape index (κ2) is 12.2. The van der Waals surface area contributed by atoms with Crippen molar-refractivity contribution in [3.63, 3.8) is 0 Å². The third-order valence-corrected chi connectivity index (χ3v) is 7.26. The fourth-order valence-electron chi connectivity index (χ4n) is 4.93. The molecule has 2 aliphatic rings. The first kappa shape index (κ1) is 30.9. The predicted molar refractivity (Wildman–Crippen MR) is 140 cm³/mol. The molecule has 5 rings (SSSR count). The Morgan fingerprint density at radius 1 is 0.721 bits per heavy atom. The molecule has 2 fully saturated rings. The normalized spacial score (nSPS) is 33.0. The molecule has 3 aromatic rings. The van der Waals surface area contributed by atoms with Gasteiger partial charge in [0, 0.05) is 17.7 Å². The van der Waals surface area contributed by atoms with E-state index in [1.54, 1.807) is 0 Å². The molecule has 16 nitrogen and oxygen atoms in total. The smallest absolute Gasteiger partial charge is 0.229 e. The van der Waals surface area contributed by atoms with Crippen LogP contribution in [0.1, 0.15) is 0 Å². The average Bonchev–Trinajstić information content (AvgIpc) is 2.98. The molecule has 2 aromatic carbocycles. The summed E-state index contributed by atoms with van der Waals surface area (Å²) >= 11 is 0. The Bertz CT molecular complexity index is 1490. The van der Waals surface area contributed by atoms with Crippen molar-refractivity contribution in [3.05, 3.63) is 46.6 Å². The summed E-state index contributed by atoms with van der Waals surface area (Å²) in [6.07, 6.45) is -17.3. The van der Waals surface area contributed by atoms with E-state index in [-0.39, 0.29) is 11.5 Å². The minimum atomic E-state index is -1.98. The van der Waals surface area contributed by atoms with Gasteiger partial charge in [-0.05, 0) is 24.3 Å². The Labute approximate surface area is 241 Å². The van der Waals surface area contributed by atoms with Crippen LogP contribution in [-0.4, -0.2) is 126 Å². The second-order valence-corrected chi connectivity index (χ2v) is 10.1. The van der Waals surface area contributed by atoms with Crippen LogP contribution in [0.2, 0.25) is 0 Å². The standard InChI is InChI=1S/C27H30O16/c28-7-15-18(34)19(35)21(37)26(40-15)43-24-16(8-29)41-27(22(38)20(24)36)42-23-13(33)5-11(31)17-12(32)6-14(39-25(17)23)9-1-3-10(30)4-2-9/h1-6,15-16,18-22,24,26-31,33-38H,7-8H2/t15-,16-,18-,19+,20-,21-,22-,24-,26+,27+/m1/s1. The van der Waals surface area contributed by atoms with Gasteiger partial charge in [-0.25, -0.2) is 0 Å². The largest absolute Gasteiger partial charge is 0.508 e. The van der Waals surface area contributed by atoms with E-state index in [0.717, 1.165) is 12.1 Å². The highest BCUT2D eigenvalue weighted by Crippen LogP contribution is 2.42. The number of aromatic hydroxyl groups is 3. The van der Waals surface area contributed by atoms with Gasteiger partial charge < -0.3 is 74.4 Å². The SMILES string of the molecule is O=c1cc(-c2ccc(O)cc2)oc2c(O[C@@H]3O[C@H](CO)[C@@H](O[C@@H]4O[C@H](CO)[C@@H](O)[C@H](O)[C@H]4O)[C@H](O)[C@H]3O)c(O)cc(O)c12.